The van der Waals surface area contributed by atoms with Crippen molar-refractivity contribution in [2.45, 2.75) is 30.1 Å². The van der Waals surface area contributed by atoms with E-state index in [9.17, 15) is 0 Å². The maximum Gasteiger partial charge on any atom is 0.0160 e. The highest BCUT2D eigenvalue weighted by molar-refractivity contribution is 7.99. The van der Waals surface area contributed by atoms with Crippen LogP contribution in [0.3, 0.4) is 0 Å². The molecular formula is C15H14S. The van der Waals surface area contributed by atoms with Crippen LogP contribution in [0.25, 0.3) is 0 Å². The van der Waals surface area contributed by atoms with E-state index in [1.165, 1.54) is 32.0 Å². The van der Waals surface area contributed by atoms with Crippen LogP contribution in [0, 0.1) is 13.8 Å². The van der Waals surface area contributed by atoms with Gasteiger partial charge in [-0.15, -0.1) is 0 Å². The van der Waals surface area contributed by atoms with E-state index < -0.39 is 0 Å². The molecular weight excluding hydrogens is 212 g/mol. The van der Waals surface area contributed by atoms with Gasteiger partial charge in [0.25, 0.3) is 0 Å². The van der Waals surface area contributed by atoms with Gasteiger partial charge < -0.3 is 0 Å². The first-order chi connectivity index (χ1) is 7.75. The zero-order chi connectivity index (χ0) is 11.1. The summed E-state index contributed by atoms with van der Waals surface area (Å²) in [4.78, 5) is 2.86. The third-order valence-corrected chi connectivity index (χ3v) is 4.51. The van der Waals surface area contributed by atoms with Gasteiger partial charge in [0.1, 0.15) is 0 Å². The topological polar surface area (TPSA) is 0 Å². The standard InChI is InChI=1S/C15H14S/c1-10-5-3-7-14-12(10)9-13-11(2)6-4-8-15(13)16-14/h3-8H,9H2,1-2H3. The molecule has 0 aromatic heterocycles. The summed E-state index contributed by atoms with van der Waals surface area (Å²) >= 11 is 1.91. The van der Waals surface area contributed by atoms with Crippen molar-refractivity contribution < 1.29 is 0 Å². The first-order valence-electron chi connectivity index (χ1n) is 5.60. The van der Waals surface area contributed by atoms with Crippen LogP contribution in [0.15, 0.2) is 46.2 Å². The Bertz CT molecular complexity index is 506. The van der Waals surface area contributed by atoms with Gasteiger partial charge >= 0.3 is 0 Å². The Labute approximate surface area is 101 Å². The lowest BCUT2D eigenvalue weighted by Gasteiger charge is -2.22. The van der Waals surface area contributed by atoms with Crippen molar-refractivity contribution in [2.75, 3.05) is 0 Å². The van der Waals surface area contributed by atoms with Crippen LogP contribution in [0.1, 0.15) is 22.3 Å². The minimum absolute atomic E-state index is 1.09. The van der Waals surface area contributed by atoms with Crippen LogP contribution < -0.4 is 0 Å². The Morgan fingerprint density at radius 1 is 0.812 bits per heavy atom. The van der Waals surface area contributed by atoms with E-state index in [0.717, 1.165) is 6.42 Å². The number of fused-ring (bicyclic) bond motifs is 2. The fourth-order valence-electron chi connectivity index (χ4n) is 2.29. The van der Waals surface area contributed by atoms with Crippen molar-refractivity contribution in [3.63, 3.8) is 0 Å². The van der Waals surface area contributed by atoms with Crippen molar-refractivity contribution in [3.05, 3.63) is 58.7 Å². The average Bonchev–Trinajstić information content (AvgIpc) is 2.28. The number of hydrogen-bond donors (Lipinski definition) is 0. The largest absolute Gasteiger partial charge is 0.0895 e. The molecule has 0 saturated carbocycles. The van der Waals surface area contributed by atoms with Crippen LogP contribution in [0.5, 0.6) is 0 Å². The van der Waals surface area contributed by atoms with Gasteiger partial charge in [0.05, 0.1) is 0 Å². The maximum atomic E-state index is 2.23. The summed E-state index contributed by atoms with van der Waals surface area (Å²) in [6, 6.07) is 13.2. The summed E-state index contributed by atoms with van der Waals surface area (Å²) in [7, 11) is 0. The average molecular weight is 226 g/mol. The number of hydrogen-bond acceptors (Lipinski definition) is 1. The molecule has 0 aliphatic carbocycles. The highest BCUT2D eigenvalue weighted by Gasteiger charge is 2.18. The molecule has 1 heterocycles. The zero-order valence-electron chi connectivity index (χ0n) is 9.58. The van der Waals surface area contributed by atoms with E-state index in [1.807, 2.05) is 11.8 Å². The lowest BCUT2D eigenvalue weighted by atomic mass is 9.97. The van der Waals surface area contributed by atoms with Crippen molar-refractivity contribution >= 4 is 11.8 Å². The quantitative estimate of drug-likeness (QED) is 0.549. The minimum atomic E-state index is 1.09. The molecule has 2 aromatic carbocycles. The summed E-state index contributed by atoms with van der Waals surface area (Å²) in [6.07, 6.45) is 1.09. The van der Waals surface area contributed by atoms with Gasteiger partial charge in [-0.2, -0.15) is 0 Å². The fourth-order valence-corrected chi connectivity index (χ4v) is 3.53. The lowest BCUT2D eigenvalue weighted by molar-refractivity contribution is 1.01. The van der Waals surface area contributed by atoms with Crippen LogP contribution in [-0.4, -0.2) is 0 Å². The molecule has 0 N–H and O–H groups in total. The Morgan fingerprint density at radius 3 is 1.81 bits per heavy atom. The maximum absolute atomic E-state index is 2.23. The molecule has 1 heteroatoms. The van der Waals surface area contributed by atoms with E-state index in [2.05, 4.69) is 50.2 Å². The first-order valence-corrected chi connectivity index (χ1v) is 6.42. The van der Waals surface area contributed by atoms with E-state index in [1.54, 1.807) is 0 Å². The van der Waals surface area contributed by atoms with E-state index in [0.29, 0.717) is 0 Å². The summed E-state index contributed by atoms with van der Waals surface area (Å²) in [5.41, 5.74) is 5.85. The minimum Gasteiger partial charge on any atom is -0.0895 e. The van der Waals surface area contributed by atoms with Crippen molar-refractivity contribution in [3.8, 4) is 0 Å². The molecule has 0 unspecified atom stereocenters. The second-order valence-electron chi connectivity index (χ2n) is 4.38. The van der Waals surface area contributed by atoms with Crippen LogP contribution in [0.4, 0.5) is 0 Å². The third kappa shape index (κ3) is 1.47. The number of benzene rings is 2. The van der Waals surface area contributed by atoms with Crippen molar-refractivity contribution in [1.29, 1.82) is 0 Å². The number of rotatable bonds is 0. The Morgan fingerprint density at radius 2 is 1.31 bits per heavy atom. The van der Waals surface area contributed by atoms with Gasteiger partial charge in [-0.1, -0.05) is 36.0 Å². The van der Waals surface area contributed by atoms with Gasteiger partial charge in [-0.25, -0.2) is 0 Å². The summed E-state index contributed by atoms with van der Waals surface area (Å²) in [5.74, 6) is 0. The molecule has 0 bridgehead atoms. The highest BCUT2D eigenvalue weighted by atomic mass is 32.2. The summed E-state index contributed by atoms with van der Waals surface area (Å²) < 4.78 is 0. The molecule has 1 aliphatic heterocycles. The molecule has 0 nitrogen and oxygen atoms in total. The van der Waals surface area contributed by atoms with Gasteiger partial charge in [0, 0.05) is 16.2 Å². The SMILES string of the molecule is Cc1cccc2c1Cc1c(C)cccc1S2. The third-order valence-electron chi connectivity index (χ3n) is 3.31. The molecule has 0 atom stereocenters. The zero-order valence-corrected chi connectivity index (χ0v) is 10.4. The summed E-state index contributed by atoms with van der Waals surface area (Å²) in [5, 5.41) is 0. The number of aryl methyl sites for hydroxylation is 2. The normalized spacial score (nSPS) is 13.1. The molecule has 0 amide bonds. The Kier molecular flexibility index (Phi) is 2.29. The molecule has 0 fully saturated rings. The molecule has 16 heavy (non-hydrogen) atoms. The molecule has 0 saturated heterocycles. The monoisotopic (exact) mass is 226 g/mol. The van der Waals surface area contributed by atoms with E-state index >= 15 is 0 Å². The van der Waals surface area contributed by atoms with E-state index in [4.69, 9.17) is 0 Å². The van der Waals surface area contributed by atoms with Crippen LogP contribution in [0.2, 0.25) is 0 Å². The Hall–Kier alpha value is -1.21. The molecule has 0 radical (unpaired) electrons. The molecule has 1 aliphatic rings. The molecule has 2 aromatic rings. The van der Waals surface area contributed by atoms with Crippen LogP contribution in [-0.2, 0) is 6.42 Å². The van der Waals surface area contributed by atoms with Gasteiger partial charge in [-0.05, 0) is 48.2 Å². The summed E-state index contributed by atoms with van der Waals surface area (Å²) in [6.45, 7) is 4.42. The molecule has 80 valence electrons. The second kappa shape index (κ2) is 3.67. The van der Waals surface area contributed by atoms with Crippen molar-refractivity contribution in [1.82, 2.24) is 0 Å². The van der Waals surface area contributed by atoms with E-state index in [-0.39, 0.29) is 0 Å². The predicted molar refractivity (Wildman–Crippen MR) is 69.3 cm³/mol. The van der Waals surface area contributed by atoms with Crippen molar-refractivity contribution in [2.24, 2.45) is 0 Å². The van der Waals surface area contributed by atoms with Crippen LogP contribution >= 0.6 is 11.8 Å². The predicted octanol–water partition coefficient (Wildman–Crippen LogP) is 4.36. The smallest absolute Gasteiger partial charge is 0.0160 e. The highest BCUT2D eigenvalue weighted by Crippen LogP contribution is 2.41. The molecule has 0 spiro atoms. The first kappa shape index (κ1) is 9.98. The van der Waals surface area contributed by atoms with Gasteiger partial charge in [-0.3, -0.25) is 0 Å². The van der Waals surface area contributed by atoms with Gasteiger partial charge in [0.2, 0.25) is 0 Å². The second-order valence-corrected chi connectivity index (χ2v) is 5.47. The Balaban J connectivity index is 2.17. The van der Waals surface area contributed by atoms with Gasteiger partial charge in [0.15, 0.2) is 0 Å². The lowest BCUT2D eigenvalue weighted by Crippen LogP contribution is -2.03. The molecule has 3 rings (SSSR count). The fraction of sp³-hybridized carbons (Fsp3) is 0.200.